The fourth-order valence-electron chi connectivity index (χ4n) is 4.89. The molecule has 24 nitrogen and oxygen atoms in total. The summed E-state index contributed by atoms with van der Waals surface area (Å²) in [6.07, 6.45) is -3.83. The SMILES string of the molecule is CC1NC(=O)C(CCC(N)=O)NC(=O)C(C)NC(=O)C(CCC(=O)O)NC(=O)C(C)NC(=O)C(CCC(N)=O)NC(=O)C(C)NC(=O)C(CCC(=O)O)NC1=O.[2HH].[2HH].[2HH].[2HH]. The highest BCUT2D eigenvalue weighted by atomic mass is 16.4. The van der Waals surface area contributed by atoms with Crippen LogP contribution in [0.3, 0.4) is 0 Å². The molecule has 24 heteroatoms. The number of nitrogens with two attached hydrogens (primary N) is 2. The molecule has 1 aliphatic rings. The van der Waals surface area contributed by atoms with Gasteiger partial charge in [0, 0.05) is 31.4 Å². The standard InChI is InChI=1S/C32H50N10O14.4H2/c1-13-25(49)39-17(5-9-21(33)43)29(53)35-16(4)28(52)42-20(8-12-24(47)48)32(56)38-14(2)26(50)40-18(6-10-22(34)44)30(54)36-15(3)27(51)41-19(31(55)37-13)7-11-23(45)46;;;;/h13-20H,5-12H2,1-4H3,(H2,33,43)(H2,34,44)(H,35,53)(H,36,54)(H,37,55)(H,38,56)(H,39,49)(H,40,50)(H,41,51)(H,42,52)(H,45,46)(H,47,48);4*1H/i;4*1+1. The van der Waals surface area contributed by atoms with Crippen LogP contribution in [0.15, 0.2) is 0 Å². The molecule has 0 aromatic carbocycles. The van der Waals surface area contributed by atoms with Gasteiger partial charge in [-0.25, -0.2) is 0 Å². The molecule has 0 aromatic heterocycles. The Morgan fingerprint density at radius 2 is 0.607 bits per heavy atom. The van der Waals surface area contributed by atoms with E-state index in [9.17, 15) is 67.7 Å². The lowest BCUT2D eigenvalue weighted by molar-refractivity contribution is -0.139. The Balaban J connectivity index is -0.00000392. The summed E-state index contributed by atoms with van der Waals surface area (Å²) in [5, 5.41) is 36.8. The van der Waals surface area contributed by atoms with E-state index in [4.69, 9.17) is 11.5 Å². The van der Waals surface area contributed by atoms with Gasteiger partial charge in [0.2, 0.25) is 59.1 Å². The van der Waals surface area contributed by atoms with Crippen molar-refractivity contribution >= 4 is 71.0 Å². The number of carboxylic acids is 2. The molecular formula is C32H58N10O14. The van der Waals surface area contributed by atoms with E-state index < -0.39 is 158 Å². The van der Waals surface area contributed by atoms with Gasteiger partial charge in [-0.05, 0) is 53.4 Å². The maximum Gasteiger partial charge on any atom is 0.303 e. The topological polar surface area (TPSA) is 394 Å². The van der Waals surface area contributed by atoms with Crippen molar-refractivity contribution in [3.63, 3.8) is 0 Å². The molecule has 8 unspecified atom stereocenters. The number of carbonyl (C=O) groups excluding carboxylic acids is 10. The Kier molecular flexibility index (Phi) is 19.4. The van der Waals surface area contributed by atoms with Crippen molar-refractivity contribution in [2.75, 3.05) is 0 Å². The van der Waals surface area contributed by atoms with E-state index in [1.165, 1.54) is 27.7 Å². The summed E-state index contributed by atoms with van der Waals surface area (Å²) in [5.41, 5.74) is 10.4. The second-order valence-electron chi connectivity index (χ2n) is 13.0. The Labute approximate surface area is 326 Å². The van der Waals surface area contributed by atoms with Crippen molar-refractivity contribution in [2.24, 2.45) is 11.5 Å². The third-order valence-electron chi connectivity index (χ3n) is 8.19. The molecule has 1 fully saturated rings. The summed E-state index contributed by atoms with van der Waals surface area (Å²) < 4.78 is 0. The van der Waals surface area contributed by atoms with E-state index in [2.05, 4.69) is 42.5 Å². The Bertz CT molecular complexity index is 1350. The monoisotopic (exact) mass is 810 g/mol. The molecular weight excluding hydrogens is 748 g/mol. The van der Waals surface area contributed by atoms with Crippen LogP contribution in [0.1, 0.15) is 84.8 Å². The Hall–Kier alpha value is -6.36. The number of nitrogens with one attached hydrogen (secondary N) is 8. The zero-order valence-corrected chi connectivity index (χ0v) is 31.2. The molecule has 14 N–H and O–H groups in total. The zero-order chi connectivity index (χ0) is 42.9. The first kappa shape index (κ1) is 47.7. The largest absolute Gasteiger partial charge is 0.481 e. The summed E-state index contributed by atoms with van der Waals surface area (Å²) >= 11 is 0. The van der Waals surface area contributed by atoms with Crippen molar-refractivity contribution in [1.82, 2.24) is 42.5 Å². The van der Waals surface area contributed by atoms with Crippen LogP contribution in [0, 0.1) is 0 Å². The van der Waals surface area contributed by atoms with Crippen molar-refractivity contribution in [2.45, 2.75) is 127 Å². The maximum atomic E-state index is 13.2. The Morgan fingerprint density at radius 1 is 0.411 bits per heavy atom. The number of amides is 10. The highest BCUT2D eigenvalue weighted by molar-refractivity contribution is 5.99. The third kappa shape index (κ3) is 17.2. The van der Waals surface area contributed by atoms with Crippen LogP contribution in [-0.4, -0.2) is 130 Å². The molecule has 320 valence electrons. The predicted molar refractivity (Wildman–Crippen MR) is 197 cm³/mol. The van der Waals surface area contributed by atoms with Crippen LogP contribution in [0.25, 0.3) is 0 Å². The average molecular weight is 811 g/mol. The lowest BCUT2D eigenvalue weighted by atomic mass is 10.1. The van der Waals surface area contributed by atoms with Crippen molar-refractivity contribution < 1.29 is 73.5 Å². The maximum absolute atomic E-state index is 13.2. The molecule has 1 saturated heterocycles. The van der Waals surface area contributed by atoms with Crippen molar-refractivity contribution in [1.29, 1.82) is 0 Å². The van der Waals surface area contributed by atoms with Gasteiger partial charge in [0.1, 0.15) is 48.3 Å². The van der Waals surface area contributed by atoms with Gasteiger partial charge in [-0.2, -0.15) is 0 Å². The van der Waals surface area contributed by atoms with E-state index in [1.807, 2.05) is 0 Å². The first-order chi connectivity index (χ1) is 26.0. The number of carbonyl (C=O) groups is 12. The number of hydrogen-bond donors (Lipinski definition) is 12. The molecule has 0 aliphatic carbocycles. The van der Waals surface area contributed by atoms with E-state index in [0.29, 0.717) is 0 Å². The highest BCUT2D eigenvalue weighted by Crippen LogP contribution is 2.06. The Morgan fingerprint density at radius 3 is 0.786 bits per heavy atom. The first-order valence-corrected chi connectivity index (χ1v) is 17.4. The highest BCUT2D eigenvalue weighted by Gasteiger charge is 2.33. The molecule has 1 aliphatic heterocycles. The van der Waals surface area contributed by atoms with Crippen LogP contribution >= 0.6 is 0 Å². The van der Waals surface area contributed by atoms with Crippen molar-refractivity contribution in [3.05, 3.63) is 0 Å². The molecule has 10 amide bonds. The van der Waals surface area contributed by atoms with E-state index in [0.717, 1.165) is 0 Å². The molecule has 0 aromatic rings. The summed E-state index contributed by atoms with van der Waals surface area (Å²) in [4.78, 5) is 151. The van der Waals surface area contributed by atoms with E-state index in [1.54, 1.807) is 0 Å². The minimum Gasteiger partial charge on any atom is -0.481 e. The van der Waals surface area contributed by atoms with Gasteiger partial charge in [-0.3, -0.25) is 57.5 Å². The van der Waals surface area contributed by atoms with E-state index in [-0.39, 0.29) is 18.5 Å². The van der Waals surface area contributed by atoms with Crippen LogP contribution < -0.4 is 54.0 Å². The van der Waals surface area contributed by atoms with Crippen LogP contribution in [0.5, 0.6) is 0 Å². The van der Waals surface area contributed by atoms with E-state index >= 15 is 0 Å². The van der Waals surface area contributed by atoms with Gasteiger partial charge in [-0.1, -0.05) is 0 Å². The molecule has 56 heavy (non-hydrogen) atoms. The minimum absolute atomic E-state index is 0. The van der Waals surface area contributed by atoms with Crippen LogP contribution in [0.4, 0.5) is 0 Å². The van der Waals surface area contributed by atoms with Gasteiger partial charge >= 0.3 is 11.9 Å². The van der Waals surface area contributed by atoms with Gasteiger partial charge in [0.25, 0.3) is 0 Å². The fraction of sp³-hybridized carbons (Fsp3) is 0.625. The summed E-state index contributed by atoms with van der Waals surface area (Å²) in [5.74, 6) is -12.5. The lowest BCUT2D eigenvalue weighted by Crippen LogP contribution is -2.60. The second-order valence-corrected chi connectivity index (χ2v) is 13.0. The molecule has 0 spiro atoms. The summed E-state index contributed by atoms with van der Waals surface area (Å²) in [6.45, 7) is 4.72. The molecule has 0 bridgehead atoms. The number of primary amides is 2. The van der Waals surface area contributed by atoms with Crippen LogP contribution in [0.2, 0.25) is 0 Å². The smallest absolute Gasteiger partial charge is 0.303 e. The van der Waals surface area contributed by atoms with Gasteiger partial charge < -0.3 is 64.2 Å². The molecule has 8 atom stereocenters. The average Bonchev–Trinajstić information content (AvgIpc) is 3.10. The second kappa shape index (κ2) is 22.8. The number of carboxylic acid groups (broad SMARTS) is 2. The van der Waals surface area contributed by atoms with Gasteiger partial charge in [0.05, 0.1) is 0 Å². The number of rotatable bonds is 12. The molecule has 1 rings (SSSR count). The summed E-state index contributed by atoms with van der Waals surface area (Å²) in [6, 6.07) is -12.0. The van der Waals surface area contributed by atoms with Gasteiger partial charge in [-0.15, -0.1) is 0 Å². The third-order valence-corrected chi connectivity index (χ3v) is 8.19. The molecule has 0 radical (unpaired) electrons. The quantitative estimate of drug-likeness (QED) is 0.0881. The first-order valence-electron chi connectivity index (χ1n) is 17.4. The molecule has 0 saturated carbocycles. The predicted octanol–water partition coefficient (Wildman–Crippen LogP) is -4.80. The normalized spacial score (nSPS) is 26.6. The summed E-state index contributed by atoms with van der Waals surface area (Å²) in [7, 11) is 0. The minimum atomic E-state index is -1.58. The van der Waals surface area contributed by atoms with Crippen molar-refractivity contribution in [3.8, 4) is 0 Å². The zero-order valence-electron chi connectivity index (χ0n) is 31.2. The molecule has 1 heterocycles. The fourth-order valence-corrected chi connectivity index (χ4v) is 4.89. The number of aliphatic carboxylic acids is 2. The van der Waals surface area contributed by atoms with Crippen LogP contribution in [-0.2, 0) is 57.5 Å². The van der Waals surface area contributed by atoms with Gasteiger partial charge in [0.15, 0.2) is 0 Å². The number of hydrogen-bond acceptors (Lipinski definition) is 12. The lowest BCUT2D eigenvalue weighted by Gasteiger charge is -2.27.